The fourth-order valence-corrected chi connectivity index (χ4v) is 1.49. The Kier molecular flexibility index (Phi) is 4.77. The van der Waals surface area contributed by atoms with Crippen LogP contribution in [-0.2, 0) is 4.79 Å². The molecular weight excluding hydrogens is 228 g/mol. The molecule has 0 N–H and O–H groups in total. The van der Waals surface area contributed by atoms with Crippen molar-refractivity contribution in [3.05, 3.63) is 36.4 Å². The van der Waals surface area contributed by atoms with E-state index in [0.29, 0.717) is 17.9 Å². The third kappa shape index (κ3) is 3.26. The van der Waals surface area contributed by atoms with Gasteiger partial charge in [0.25, 0.3) is 5.91 Å². The van der Waals surface area contributed by atoms with Crippen LogP contribution in [0.15, 0.2) is 36.4 Å². The monoisotopic (exact) mass is 248 g/mol. The van der Waals surface area contributed by atoms with Crippen LogP contribution < -0.4 is 9.74 Å². The number of hydrogen-bond donors (Lipinski definition) is 0. The summed E-state index contributed by atoms with van der Waals surface area (Å²) in [6.07, 6.45) is 0. The molecule has 1 aromatic carbocycles. The first-order valence-electron chi connectivity index (χ1n) is 5.89. The van der Waals surface area contributed by atoms with Crippen LogP contribution in [0.25, 0.3) is 0 Å². The Morgan fingerprint density at radius 2 is 1.94 bits per heavy atom. The van der Waals surface area contributed by atoms with Gasteiger partial charge in [-0.3, -0.25) is 4.79 Å². The molecule has 0 aromatic heterocycles. The number of rotatable bonds is 5. The van der Waals surface area contributed by atoms with E-state index in [2.05, 4.69) is 6.58 Å². The lowest BCUT2D eigenvalue weighted by molar-refractivity contribution is -0.151. The summed E-state index contributed by atoms with van der Waals surface area (Å²) in [4.78, 5) is 19.4. The largest absolute Gasteiger partial charge is 0.375 e. The maximum atomic E-state index is 11.8. The summed E-state index contributed by atoms with van der Waals surface area (Å²) in [6, 6.07) is 7.58. The minimum atomic E-state index is -0.203. The van der Waals surface area contributed by atoms with Crippen molar-refractivity contribution in [2.24, 2.45) is 0 Å². The van der Waals surface area contributed by atoms with Gasteiger partial charge in [0, 0.05) is 19.7 Å². The summed E-state index contributed by atoms with van der Waals surface area (Å²) in [7, 11) is 3.86. The zero-order valence-electron chi connectivity index (χ0n) is 11.4. The molecule has 0 heterocycles. The zero-order valence-corrected chi connectivity index (χ0v) is 11.4. The molecular formula is C14H20N2O2. The second-order valence-electron chi connectivity index (χ2n) is 4.23. The average Bonchev–Trinajstić information content (AvgIpc) is 2.35. The van der Waals surface area contributed by atoms with Crippen LogP contribution in [0, 0.1) is 0 Å². The third-order valence-corrected chi connectivity index (χ3v) is 2.43. The highest BCUT2D eigenvalue weighted by atomic mass is 16.7. The van der Waals surface area contributed by atoms with E-state index in [1.807, 2.05) is 50.2 Å². The van der Waals surface area contributed by atoms with Crippen LogP contribution in [0.2, 0.25) is 0 Å². The predicted octanol–water partition coefficient (Wildman–Crippen LogP) is 2.47. The van der Waals surface area contributed by atoms with Crippen LogP contribution in [0.4, 0.5) is 5.69 Å². The van der Waals surface area contributed by atoms with E-state index in [0.717, 1.165) is 5.69 Å². The van der Waals surface area contributed by atoms with Gasteiger partial charge in [0.2, 0.25) is 0 Å². The van der Waals surface area contributed by atoms with E-state index in [9.17, 15) is 4.79 Å². The molecule has 0 radical (unpaired) electrons. The second kappa shape index (κ2) is 6.10. The molecule has 0 fully saturated rings. The van der Waals surface area contributed by atoms with Crippen molar-refractivity contribution in [1.29, 1.82) is 0 Å². The van der Waals surface area contributed by atoms with Gasteiger partial charge in [-0.15, -0.1) is 0 Å². The Bertz CT molecular complexity index is 441. The van der Waals surface area contributed by atoms with Crippen molar-refractivity contribution >= 4 is 11.6 Å². The van der Waals surface area contributed by atoms with Gasteiger partial charge in [0.1, 0.15) is 0 Å². The molecule has 1 aromatic rings. The molecule has 0 bridgehead atoms. The number of benzene rings is 1. The van der Waals surface area contributed by atoms with Gasteiger partial charge in [0.05, 0.1) is 12.2 Å². The van der Waals surface area contributed by atoms with Crippen LogP contribution in [-0.4, -0.2) is 31.6 Å². The third-order valence-electron chi connectivity index (χ3n) is 2.43. The van der Waals surface area contributed by atoms with Crippen LogP contribution in [0.3, 0.4) is 0 Å². The van der Waals surface area contributed by atoms with Gasteiger partial charge in [-0.1, -0.05) is 18.7 Å². The fraction of sp³-hybridized carbons (Fsp3) is 0.357. The number of likely N-dealkylation sites (N-methyl/N-ethyl adjacent to an activating group) is 1. The van der Waals surface area contributed by atoms with Gasteiger partial charge < -0.3 is 9.74 Å². The molecule has 0 atom stereocenters. The molecule has 1 rings (SSSR count). The van der Waals surface area contributed by atoms with Gasteiger partial charge in [-0.05, 0) is 26.0 Å². The van der Waals surface area contributed by atoms with Crippen molar-refractivity contribution in [1.82, 2.24) is 5.06 Å². The van der Waals surface area contributed by atoms with Crippen molar-refractivity contribution in [3.8, 4) is 5.75 Å². The number of nitrogens with zero attached hydrogens (tertiary/aromatic N) is 2. The Morgan fingerprint density at radius 3 is 2.44 bits per heavy atom. The number of hydroxylamine groups is 2. The molecule has 0 unspecified atom stereocenters. The number of carbonyl (C=O) groups excluding carboxylic acids is 1. The van der Waals surface area contributed by atoms with E-state index in [4.69, 9.17) is 4.84 Å². The highest BCUT2D eigenvalue weighted by Gasteiger charge is 2.16. The number of hydrogen-bond acceptors (Lipinski definition) is 3. The first-order chi connectivity index (χ1) is 8.47. The maximum absolute atomic E-state index is 11.8. The normalized spacial score (nSPS) is 9.78. The lowest BCUT2D eigenvalue weighted by atomic mass is 10.3. The quantitative estimate of drug-likeness (QED) is 0.593. The first-order valence-corrected chi connectivity index (χ1v) is 5.89. The summed E-state index contributed by atoms with van der Waals surface area (Å²) in [6.45, 7) is 7.64. The molecule has 0 spiro atoms. The smallest absolute Gasteiger partial charge is 0.281 e. The van der Waals surface area contributed by atoms with Crippen molar-refractivity contribution in [3.63, 3.8) is 0 Å². The molecule has 1 amide bonds. The summed E-state index contributed by atoms with van der Waals surface area (Å²) in [5.41, 5.74) is 1.38. The summed E-state index contributed by atoms with van der Waals surface area (Å²) in [5.74, 6) is 0.449. The number of anilines is 1. The van der Waals surface area contributed by atoms with Crippen LogP contribution in [0.5, 0.6) is 5.75 Å². The number of amides is 1. The molecule has 0 aliphatic heterocycles. The molecule has 4 heteroatoms. The summed E-state index contributed by atoms with van der Waals surface area (Å²) in [5, 5.41) is 1.31. The van der Waals surface area contributed by atoms with Crippen molar-refractivity contribution < 1.29 is 9.63 Å². The molecule has 0 saturated heterocycles. The Balaban J connectivity index is 2.95. The Morgan fingerprint density at radius 1 is 1.33 bits per heavy atom. The standard InChI is InChI=1S/C14H20N2O2/c1-6-16(14(17)11(2)3)18-13-10-8-7-9-12(13)15(4)5/h7-10H,2,6H2,1,3-5H3. The molecule has 0 aliphatic carbocycles. The van der Waals surface area contributed by atoms with Crippen molar-refractivity contribution in [2.75, 3.05) is 25.5 Å². The van der Waals surface area contributed by atoms with Gasteiger partial charge in [-0.2, -0.15) is 5.06 Å². The minimum Gasteiger partial charge on any atom is -0.375 e. The molecule has 18 heavy (non-hydrogen) atoms. The van der Waals surface area contributed by atoms with Crippen LogP contribution in [0.1, 0.15) is 13.8 Å². The Hall–Kier alpha value is -1.97. The fourth-order valence-electron chi connectivity index (χ4n) is 1.49. The number of para-hydroxylation sites is 2. The summed E-state index contributed by atoms with van der Waals surface area (Å²) < 4.78 is 0. The van der Waals surface area contributed by atoms with E-state index in [-0.39, 0.29) is 5.91 Å². The predicted molar refractivity (Wildman–Crippen MR) is 73.6 cm³/mol. The summed E-state index contributed by atoms with van der Waals surface area (Å²) >= 11 is 0. The lowest BCUT2D eigenvalue weighted by Gasteiger charge is -2.24. The number of carbonyl (C=O) groups is 1. The minimum absolute atomic E-state index is 0.203. The van der Waals surface area contributed by atoms with Gasteiger partial charge >= 0.3 is 0 Å². The molecule has 0 saturated carbocycles. The topological polar surface area (TPSA) is 32.8 Å². The molecule has 0 aliphatic rings. The average molecular weight is 248 g/mol. The highest BCUT2D eigenvalue weighted by molar-refractivity contribution is 5.91. The van der Waals surface area contributed by atoms with Crippen molar-refractivity contribution in [2.45, 2.75) is 13.8 Å². The second-order valence-corrected chi connectivity index (χ2v) is 4.23. The Labute approximate surface area is 108 Å². The maximum Gasteiger partial charge on any atom is 0.281 e. The van der Waals surface area contributed by atoms with Crippen LogP contribution >= 0.6 is 0 Å². The zero-order chi connectivity index (χ0) is 13.7. The lowest BCUT2D eigenvalue weighted by Crippen LogP contribution is -2.34. The molecule has 4 nitrogen and oxygen atoms in total. The van der Waals surface area contributed by atoms with E-state index in [1.165, 1.54) is 5.06 Å². The van der Waals surface area contributed by atoms with Gasteiger partial charge in [-0.25, -0.2) is 0 Å². The van der Waals surface area contributed by atoms with E-state index >= 15 is 0 Å². The van der Waals surface area contributed by atoms with E-state index < -0.39 is 0 Å². The van der Waals surface area contributed by atoms with E-state index in [1.54, 1.807) is 6.92 Å². The highest BCUT2D eigenvalue weighted by Crippen LogP contribution is 2.27. The SMILES string of the molecule is C=C(C)C(=O)N(CC)Oc1ccccc1N(C)C. The first kappa shape index (κ1) is 14.1. The molecule has 98 valence electrons. The van der Waals surface area contributed by atoms with Gasteiger partial charge in [0.15, 0.2) is 5.75 Å².